The van der Waals surface area contributed by atoms with Gasteiger partial charge in [0.15, 0.2) is 17.8 Å². The third-order valence-corrected chi connectivity index (χ3v) is 2.20. The largest absolute Gasteiger partial charge is 0.504 e. The quantitative estimate of drug-likeness (QED) is 0.744. The molecule has 1 rings (SSSR count). The zero-order valence-electron chi connectivity index (χ0n) is 10.6. The molecule has 0 aliphatic rings. The van der Waals surface area contributed by atoms with Gasteiger partial charge in [-0.1, -0.05) is 6.07 Å². The summed E-state index contributed by atoms with van der Waals surface area (Å²) in [5.41, 5.74) is 0.718. The summed E-state index contributed by atoms with van der Waals surface area (Å²) in [5, 5.41) is 9.77. The van der Waals surface area contributed by atoms with E-state index in [1.54, 1.807) is 12.1 Å². The van der Waals surface area contributed by atoms with Crippen molar-refractivity contribution in [1.82, 2.24) is 0 Å². The van der Waals surface area contributed by atoms with Crippen LogP contribution in [0.1, 0.15) is 32.6 Å². The van der Waals surface area contributed by atoms with Gasteiger partial charge in [0, 0.05) is 13.2 Å². The molecule has 0 aromatic heterocycles. The minimum atomic E-state index is -0.501. The Morgan fingerprint density at radius 1 is 1.06 bits per heavy atom. The van der Waals surface area contributed by atoms with Crippen LogP contribution in [0.3, 0.4) is 0 Å². The molecule has 17 heavy (non-hydrogen) atoms. The van der Waals surface area contributed by atoms with Gasteiger partial charge in [0.25, 0.3) is 0 Å². The van der Waals surface area contributed by atoms with E-state index in [0.29, 0.717) is 25.6 Å². The summed E-state index contributed by atoms with van der Waals surface area (Å²) < 4.78 is 16.4. The molecule has 0 aliphatic carbocycles. The second-order valence-electron chi connectivity index (χ2n) is 3.37. The minimum Gasteiger partial charge on any atom is -0.504 e. The van der Waals surface area contributed by atoms with Crippen LogP contribution in [-0.4, -0.2) is 24.9 Å². The van der Waals surface area contributed by atoms with Crippen LogP contribution >= 0.6 is 0 Å². The van der Waals surface area contributed by atoms with Crippen molar-refractivity contribution in [1.29, 1.82) is 0 Å². The molecule has 0 aliphatic heterocycles. The summed E-state index contributed by atoms with van der Waals surface area (Å²) in [4.78, 5) is 0. The summed E-state index contributed by atoms with van der Waals surface area (Å²) in [5.74, 6) is 0.538. The molecule has 0 atom stereocenters. The van der Waals surface area contributed by atoms with Crippen molar-refractivity contribution in [3.8, 4) is 11.5 Å². The van der Waals surface area contributed by atoms with Crippen LogP contribution in [0.5, 0.6) is 11.5 Å². The van der Waals surface area contributed by atoms with Crippen molar-refractivity contribution < 1.29 is 19.3 Å². The van der Waals surface area contributed by atoms with Gasteiger partial charge in [-0.3, -0.25) is 0 Å². The van der Waals surface area contributed by atoms with Crippen molar-refractivity contribution in [3.05, 3.63) is 23.8 Å². The molecule has 0 bridgehead atoms. The number of rotatable bonds is 7. The van der Waals surface area contributed by atoms with Gasteiger partial charge in [-0.15, -0.1) is 0 Å². The second-order valence-corrected chi connectivity index (χ2v) is 3.37. The molecule has 1 aromatic rings. The Morgan fingerprint density at radius 3 is 2.24 bits per heavy atom. The van der Waals surface area contributed by atoms with Crippen molar-refractivity contribution in [2.24, 2.45) is 0 Å². The van der Waals surface area contributed by atoms with Crippen LogP contribution in [-0.2, 0) is 9.47 Å². The first-order valence-corrected chi connectivity index (χ1v) is 5.92. The average molecular weight is 240 g/mol. The van der Waals surface area contributed by atoms with E-state index in [-0.39, 0.29) is 5.75 Å². The fourth-order valence-corrected chi connectivity index (χ4v) is 1.56. The maximum absolute atomic E-state index is 9.77. The molecule has 1 N–H and O–H groups in total. The highest BCUT2D eigenvalue weighted by atomic mass is 16.7. The van der Waals surface area contributed by atoms with Crippen LogP contribution < -0.4 is 4.74 Å². The first-order valence-electron chi connectivity index (χ1n) is 5.92. The molecule has 0 saturated carbocycles. The third-order valence-electron chi connectivity index (χ3n) is 2.20. The number of ether oxygens (including phenoxy) is 3. The van der Waals surface area contributed by atoms with Gasteiger partial charge in [-0.2, -0.15) is 0 Å². The zero-order chi connectivity index (χ0) is 12.7. The van der Waals surface area contributed by atoms with Crippen molar-refractivity contribution in [3.63, 3.8) is 0 Å². The maximum atomic E-state index is 9.77. The first kappa shape index (κ1) is 13.8. The molecular weight excluding hydrogens is 220 g/mol. The molecule has 4 nitrogen and oxygen atoms in total. The van der Waals surface area contributed by atoms with Crippen LogP contribution in [0.2, 0.25) is 0 Å². The van der Waals surface area contributed by atoms with Crippen molar-refractivity contribution in [2.45, 2.75) is 27.1 Å². The molecular formula is C13H20O4. The van der Waals surface area contributed by atoms with Crippen LogP contribution in [0.4, 0.5) is 0 Å². The van der Waals surface area contributed by atoms with Crippen LogP contribution in [0.25, 0.3) is 0 Å². The molecule has 0 heterocycles. The van der Waals surface area contributed by atoms with Gasteiger partial charge in [-0.25, -0.2) is 0 Å². The van der Waals surface area contributed by atoms with Crippen molar-refractivity contribution >= 4 is 0 Å². The zero-order valence-corrected chi connectivity index (χ0v) is 10.6. The molecule has 0 fully saturated rings. The molecule has 1 aromatic carbocycles. The van der Waals surface area contributed by atoms with Crippen molar-refractivity contribution in [2.75, 3.05) is 19.8 Å². The number of benzene rings is 1. The molecule has 0 amide bonds. The molecule has 0 unspecified atom stereocenters. The smallest absolute Gasteiger partial charge is 0.187 e. The fraction of sp³-hybridized carbons (Fsp3) is 0.538. The Bertz CT molecular complexity index is 332. The highest BCUT2D eigenvalue weighted by Crippen LogP contribution is 2.35. The van der Waals surface area contributed by atoms with E-state index in [0.717, 1.165) is 5.56 Å². The van der Waals surface area contributed by atoms with E-state index >= 15 is 0 Å². The van der Waals surface area contributed by atoms with E-state index in [1.807, 2.05) is 26.8 Å². The lowest BCUT2D eigenvalue weighted by Crippen LogP contribution is -2.11. The lowest BCUT2D eigenvalue weighted by Gasteiger charge is -2.20. The number of para-hydroxylation sites is 1. The molecule has 4 heteroatoms. The molecule has 0 spiro atoms. The highest BCUT2D eigenvalue weighted by Gasteiger charge is 2.19. The lowest BCUT2D eigenvalue weighted by atomic mass is 10.1. The Morgan fingerprint density at radius 2 is 1.71 bits per heavy atom. The highest BCUT2D eigenvalue weighted by molar-refractivity contribution is 5.46. The molecule has 0 saturated heterocycles. The minimum absolute atomic E-state index is 0.105. The normalized spacial score (nSPS) is 10.8. The van der Waals surface area contributed by atoms with Gasteiger partial charge in [0.1, 0.15) is 0 Å². The number of hydrogen-bond acceptors (Lipinski definition) is 4. The first-order chi connectivity index (χ1) is 8.24. The Kier molecular flexibility index (Phi) is 5.80. The SMILES string of the molecule is CCOc1c(O)cccc1C(OCC)OCC. The van der Waals surface area contributed by atoms with Gasteiger partial charge >= 0.3 is 0 Å². The number of aromatic hydroxyl groups is 1. The van der Waals surface area contributed by atoms with Gasteiger partial charge in [-0.05, 0) is 32.9 Å². The number of hydrogen-bond donors (Lipinski definition) is 1. The number of phenolic OH excluding ortho intramolecular Hbond substituents is 1. The second kappa shape index (κ2) is 7.14. The Labute approximate surface area is 102 Å². The monoisotopic (exact) mass is 240 g/mol. The summed E-state index contributed by atoms with van der Waals surface area (Å²) >= 11 is 0. The third kappa shape index (κ3) is 3.61. The van der Waals surface area contributed by atoms with Gasteiger partial charge < -0.3 is 19.3 Å². The van der Waals surface area contributed by atoms with Crippen LogP contribution in [0.15, 0.2) is 18.2 Å². The lowest BCUT2D eigenvalue weighted by molar-refractivity contribution is -0.141. The van der Waals surface area contributed by atoms with Gasteiger partial charge in [0.05, 0.1) is 12.2 Å². The maximum Gasteiger partial charge on any atom is 0.187 e. The van der Waals surface area contributed by atoms with E-state index in [2.05, 4.69) is 0 Å². The predicted octanol–water partition coefficient (Wildman–Crippen LogP) is 2.86. The summed E-state index contributed by atoms with van der Waals surface area (Å²) in [7, 11) is 0. The van der Waals surface area contributed by atoms with E-state index in [1.165, 1.54) is 0 Å². The summed E-state index contributed by atoms with van der Waals surface area (Å²) in [6.45, 7) is 7.21. The molecule has 0 radical (unpaired) electrons. The van der Waals surface area contributed by atoms with E-state index in [9.17, 15) is 5.11 Å². The summed E-state index contributed by atoms with van der Waals surface area (Å²) in [6.07, 6.45) is -0.501. The summed E-state index contributed by atoms with van der Waals surface area (Å²) in [6, 6.07) is 5.17. The number of phenols is 1. The average Bonchev–Trinajstić information content (AvgIpc) is 2.32. The Balaban J connectivity index is 3.03. The topological polar surface area (TPSA) is 47.9 Å². The van der Waals surface area contributed by atoms with Gasteiger partial charge in [0.2, 0.25) is 0 Å². The standard InChI is InChI=1S/C13H20O4/c1-4-15-12-10(8-7-9-11(12)14)13(16-5-2)17-6-3/h7-9,13-14H,4-6H2,1-3H3. The Hall–Kier alpha value is -1.26. The van der Waals surface area contributed by atoms with Crippen LogP contribution in [0, 0.1) is 0 Å². The fourth-order valence-electron chi connectivity index (χ4n) is 1.56. The van der Waals surface area contributed by atoms with E-state index < -0.39 is 6.29 Å². The molecule has 96 valence electrons. The predicted molar refractivity (Wildman–Crippen MR) is 65.3 cm³/mol. The van der Waals surface area contributed by atoms with E-state index in [4.69, 9.17) is 14.2 Å².